The van der Waals surface area contributed by atoms with Crippen LogP contribution in [0.3, 0.4) is 0 Å². The Hall–Kier alpha value is -3.24. The van der Waals surface area contributed by atoms with Gasteiger partial charge in [-0.2, -0.15) is 0 Å². The average molecular weight is 460 g/mol. The highest BCUT2D eigenvalue weighted by Crippen LogP contribution is 2.40. The molecule has 10 heteroatoms. The van der Waals surface area contributed by atoms with Crippen LogP contribution in [-0.2, 0) is 16.5 Å². The van der Waals surface area contributed by atoms with E-state index in [0.29, 0.717) is 18.5 Å². The van der Waals surface area contributed by atoms with Gasteiger partial charge >= 0.3 is 11.9 Å². The molecule has 10 nitrogen and oxygen atoms in total. The second kappa shape index (κ2) is 8.95. The molecule has 0 unspecified atom stereocenters. The Morgan fingerprint density at radius 2 is 1.64 bits per heavy atom. The van der Waals surface area contributed by atoms with Crippen molar-refractivity contribution in [1.29, 1.82) is 0 Å². The maximum Gasteiger partial charge on any atom is 0.355 e. The van der Waals surface area contributed by atoms with Crippen LogP contribution in [0.2, 0.25) is 0 Å². The van der Waals surface area contributed by atoms with Crippen LogP contribution in [0.1, 0.15) is 33.7 Å². The Morgan fingerprint density at radius 1 is 1.00 bits per heavy atom. The Morgan fingerprint density at radius 3 is 2.21 bits per heavy atom. The highest BCUT2D eigenvalue weighted by atomic mass is 16.6. The van der Waals surface area contributed by atoms with E-state index < -0.39 is 30.3 Å². The zero-order chi connectivity index (χ0) is 23.9. The van der Waals surface area contributed by atoms with Gasteiger partial charge in [-0.3, -0.25) is 4.90 Å². The third kappa shape index (κ3) is 4.11. The number of aliphatic hydroxyl groups excluding tert-OH is 1. The van der Waals surface area contributed by atoms with Crippen molar-refractivity contribution in [3.05, 3.63) is 41.7 Å². The zero-order valence-corrected chi connectivity index (χ0v) is 18.9. The van der Waals surface area contributed by atoms with E-state index in [-0.39, 0.29) is 34.9 Å². The van der Waals surface area contributed by atoms with Crippen molar-refractivity contribution in [1.82, 2.24) is 9.47 Å². The number of likely N-dealkylation sites (N-methyl/N-ethyl adjacent to an activating group) is 1. The number of aliphatic hydroxyl groups is 1. The molecule has 2 fully saturated rings. The molecule has 4 rings (SSSR count). The number of phenolic OH excluding ortho intramolecular Hbond substituents is 1. The van der Waals surface area contributed by atoms with Crippen LogP contribution in [0.25, 0.3) is 0 Å². The highest BCUT2D eigenvalue weighted by molar-refractivity contribution is 5.91. The van der Waals surface area contributed by atoms with Gasteiger partial charge in [0.25, 0.3) is 0 Å². The molecule has 0 aliphatic carbocycles. The molecule has 2 saturated heterocycles. The normalized spacial score (nSPS) is 26.6. The first kappa shape index (κ1) is 22.9. The summed E-state index contributed by atoms with van der Waals surface area (Å²) in [6, 6.07) is 5.53. The number of methoxy groups -OCH3 is 2. The van der Waals surface area contributed by atoms with Gasteiger partial charge in [-0.1, -0.05) is 0 Å². The summed E-state index contributed by atoms with van der Waals surface area (Å²) in [6.45, 7) is 0. The lowest BCUT2D eigenvalue weighted by molar-refractivity contribution is -0.0178. The number of ether oxygens (including phenoxy) is 4. The Labute approximate surface area is 191 Å². The van der Waals surface area contributed by atoms with Crippen molar-refractivity contribution < 1.29 is 38.7 Å². The molecule has 0 spiro atoms. The van der Waals surface area contributed by atoms with Crippen molar-refractivity contribution in [3.63, 3.8) is 0 Å². The smallest absolute Gasteiger partial charge is 0.355 e. The van der Waals surface area contributed by atoms with Crippen LogP contribution in [0.4, 0.5) is 0 Å². The van der Waals surface area contributed by atoms with Crippen LogP contribution >= 0.6 is 0 Å². The number of aromatic hydroxyl groups is 1. The number of aryl methyl sites for hydroxylation is 1. The Kier molecular flexibility index (Phi) is 6.22. The van der Waals surface area contributed by atoms with Gasteiger partial charge in [0.1, 0.15) is 24.0 Å². The highest BCUT2D eigenvalue weighted by Gasteiger charge is 2.54. The van der Waals surface area contributed by atoms with Gasteiger partial charge in [0.05, 0.1) is 25.8 Å². The molecule has 3 heterocycles. The molecular weight excluding hydrogens is 432 g/mol. The number of rotatable bonds is 6. The molecule has 2 aliphatic heterocycles. The van der Waals surface area contributed by atoms with Crippen LogP contribution in [0.5, 0.6) is 17.2 Å². The maximum absolute atomic E-state index is 12.8. The molecule has 2 aromatic rings. The molecular formula is C23H28N2O8. The summed E-state index contributed by atoms with van der Waals surface area (Å²) in [5.74, 6) is -1.14. The number of hydrogen-bond acceptors (Lipinski definition) is 9. The van der Waals surface area contributed by atoms with Crippen LogP contribution in [0.15, 0.2) is 30.5 Å². The van der Waals surface area contributed by atoms with E-state index in [9.17, 15) is 19.8 Å². The van der Waals surface area contributed by atoms with Crippen LogP contribution in [-0.4, -0.2) is 83.3 Å². The first-order chi connectivity index (χ1) is 15.7. The first-order valence-electron chi connectivity index (χ1n) is 10.6. The number of hydrogen-bond donors (Lipinski definition) is 2. The minimum atomic E-state index is -0.901. The number of phenols is 1. The number of esters is 2. The summed E-state index contributed by atoms with van der Waals surface area (Å²) >= 11 is 0. The number of carbonyl (C=O) groups is 2. The minimum absolute atomic E-state index is 0.0906. The van der Waals surface area contributed by atoms with Gasteiger partial charge in [-0.15, -0.1) is 0 Å². The quantitative estimate of drug-likeness (QED) is 0.615. The SMILES string of the molecule is COc1cc(C(=O)O[C@@H]2C[C@@H]3[C@@H](O)[C@@H](OC(=O)c4cccn4C)[C@H](C2)N3C)cc(OC)c1O. The van der Waals surface area contributed by atoms with Crippen molar-refractivity contribution >= 4 is 11.9 Å². The summed E-state index contributed by atoms with van der Waals surface area (Å²) in [7, 11) is 6.35. The number of benzene rings is 1. The lowest BCUT2D eigenvalue weighted by atomic mass is 10.00. The largest absolute Gasteiger partial charge is 0.502 e. The fourth-order valence-corrected chi connectivity index (χ4v) is 4.74. The van der Waals surface area contributed by atoms with Gasteiger partial charge in [0.2, 0.25) is 5.75 Å². The number of piperidine rings is 1. The molecule has 33 heavy (non-hydrogen) atoms. The summed E-state index contributed by atoms with van der Waals surface area (Å²) in [5.41, 5.74) is 0.560. The van der Waals surface area contributed by atoms with E-state index in [4.69, 9.17) is 18.9 Å². The molecule has 2 bridgehead atoms. The van der Waals surface area contributed by atoms with Crippen molar-refractivity contribution in [2.45, 2.75) is 43.2 Å². The van der Waals surface area contributed by atoms with Crippen LogP contribution in [0, 0.1) is 0 Å². The Balaban J connectivity index is 1.48. The van der Waals surface area contributed by atoms with E-state index >= 15 is 0 Å². The van der Waals surface area contributed by atoms with Crippen LogP contribution < -0.4 is 9.47 Å². The number of carbonyl (C=O) groups excluding carboxylic acids is 2. The number of aromatic nitrogens is 1. The molecule has 178 valence electrons. The summed E-state index contributed by atoms with van der Waals surface area (Å²) in [4.78, 5) is 27.4. The van der Waals surface area contributed by atoms with Gasteiger partial charge in [-0.25, -0.2) is 9.59 Å². The maximum atomic E-state index is 12.8. The third-order valence-electron chi connectivity index (χ3n) is 6.55. The lowest BCUT2D eigenvalue weighted by Crippen LogP contribution is -2.46. The molecule has 0 saturated carbocycles. The van der Waals surface area contributed by atoms with Gasteiger partial charge in [-0.05, 0) is 31.3 Å². The number of fused-ring (bicyclic) bond motifs is 2. The first-order valence-corrected chi connectivity index (χ1v) is 10.6. The second-order valence-electron chi connectivity index (χ2n) is 8.39. The molecule has 2 N–H and O–H groups in total. The van der Waals surface area contributed by atoms with Crippen molar-refractivity contribution in [2.24, 2.45) is 7.05 Å². The fraction of sp³-hybridized carbons (Fsp3) is 0.478. The summed E-state index contributed by atoms with van der Waals surface area (Å²) in [5, 5.41) is 20.9. The fourth-order valence-electron chi connectivity index (χ4n) is 4.74. The van der Waals surface area contributed by atoms with Crippen molar-refractivity contribution in [3.8, 4) is 17.2 Å². The molecule has 1 aromatic heterocycles. The lowest BCUT2D eigenvalue weighted by Gasteiger charge is -2.36. The molecule has 0 radical (unpaired) electrons. The minimum Gasteiger partial charge on any atom is -0.502 e. The van der Waals surface area contributed by atoms with Gasteiger partial charge in [0, 0.05) is 32.1 Å². The zero-order valence-electron chi connectivity index (χ0n) is 18.9. The number of nitrogens with zero attached hydrogens (tertiary/aromatic N) is 2. The van der Waals surface area contributed by atoms with Crippen molar-refractivity contribution in [2.75, 3.05) is 21.3 Å². The molecule has 1 aromatic carbocycles. The van der Waals surface area contributed by atoms with Gasteiger partial charge < -0.3 is 33.7 Å². The van der Waals surface area contributed by atoms with E-state index in [1.54, 1.807) is 29.9 Å². The van der Waals surface area contributed by atoms with E-state index in [1.807, 2.05) is 11.9 Å². The average Bonchev–Trinajstić information content (AvgIpc) is 3.27. The van der Waals surface area contributed by atoms with E-state index in [0.717, 1.165) is 0 Å². The van der Waals surface area contributed by atoms with E-state index in [2.05, 4.69) is 0 Å². The molecule has 0 amide bonds. The standard InChI is InChI=1S/C23H28N2O8/c1-24-7-5-6-14(24)23(29)33-21-16-11-13(10-15(19(21)26)25(16)2)32-22(28)12-8-17(30-3)20(27)18(9-12)31-4/h5-9,13,15-16,19,21,26-27H,10-11H2,1-4H3/t13-,15-,16+,19-,21+/m1/s1. The van der Waals surface area contributed by atoms with Gasteiger partial charge in [0.15, 0.2) is 11.5 Å². The van der Waals surface area contributed by atoms with E-state index in [1.165, 1.54) is 26.4 Å². The molecule has 5 atom stereocenters. The topological polar surface area (TPSA) is 120 Å². The monoisotopic (exact) mass is 460 g/mol. The predicted molar refractivity (Wildman–Crippen MR) is 116 cm³/mol. The molecule has 2 aliphatic rings. The summed E-state index contributed by atoms with van der Waals surface area (Å²) < 4.78 is 23.3. The predicted octanol–water partition coefficient (Wildman–Crippen LogP) is 1.34. The summed E-state index contributed by atoms with van der Waals surface area (Å²) in [6.07, 6.45) is 0.414. The second-order valence-corrected chi connectivity index (χ2v) is 8.39. The Bertz CT molecular complexity index is 1030. The third-order valence-corrected chi connectivity index (χ3v) is 6.55.